The van der Waals surface area contributed by atoms with Crippen LogP contribution in [-0.2, 0) is 27.4 Å². The highest BCUT2D eigenvalue weighted by molar-refractivity contribution is 5.81. The third-order valence-electron chi connectivity index (χ3n) is 4.53. The average molecular weight is 404 g/mol. The predicted molar refractivity (Wildman–Crippen MR) is 107 cm³/mol. The van der Waals surface area contributed by atoms with Crippen LogP contribution in [0.15, 0.2) is 36.4 Å². The fourth-order valence-corrected chi connectivity index (χ4v) is 3.19. The van der Waals surface area contributed by atoms with Gasteiger partial charge in [-0.1, -0.05) is 24.3 Å². The fraction of sp³-hybridized carbons (Fsp3) is 0.455. The van der Waals surface area contributed by atoms with Crippen molar-refractivity contribution in [3.8, 4) is 22.6 Å². The van der Waals surface area contributed by atoms with E-state index in [0.29, 0.717) is 86.6 Å². The smallest absolute Gasteiger partial charge is 0.127 e. The van der Waals surface area contributed by atoms with Gasteiger partial charge < -0.3 is 33.9 Å². The lowest BCUT2D eigenvalue weighted by Gasteiger charge is -2.20. The molecule has 0 atom stereocenters. The molecule has 7 nitrogen and oxygen atoms in total. The topological polar surface area (TPSA) is 86.6 Å². The molecular weight excluding hydrogens is 376 g/mol. The predicted octanol–water partition coefficient (Wildman–Crippen LogP) is 2.16. The standard InChI is InChI=1S/C22H28O7/c23-15-17-3-1-5-19-21(17)22-18(16-24)4-2-6-20(22)29-14-12-27-10-8-25-7-9-26-11-13-28-19/h1-6,23-24H,7-16H2. The Morgan fingerprint density at radius 2 is 0.931 bits per heavy atom. The molecule has 1 heterocycles. The molecule has 7 heteroatoms. The maximum Gasteiger partial charge on any atom is 0.127 e. The highest BCUT2D eigenvalue weighted by Crippen LogP contribution is 2.41. The summed E-state index contributed by atoms with van der Waals surface area (Å²) in [7, 11) is 0. The molecule has 0 radical (unpaired) electrons. The molecule has 158 valence electrons. The molecule has 3 rings (SSSR count). The molecule has 0 unspecified atom stereocenters. The van der Waals surface area contributed by atoms with Crippen LogP contribution in [-0.4, -0.2) is 63.1 Å². The van der Waals surface area contributed by atoms with E-state index >= 15 is 0 Å². The minimum absolute atomic E-state index is 0.164. The van der Waals surface area contributed by atoms with Crippen molar-refractivity contribution in [2.75, 3.05) is 52.9 Å². The number of fused-ring (bicyclic) bond motifs is 3. The van der Waals surface area contributed by atoms with Gasteiger partial charge in [0.1, 0.15) is 24.7 Å². The summed E-state index contributed by atoms with van der Waals surface area (Å²) in [5, 5.41) is 19.9. The van der Waals surface area contributed by atoms with Gasteiger partial charge in [0.05, 0.1) is 52.9 Å². The summed E-state index contributed by atoms with van der Waals surface area (Å²) in [6.07, 6.45) is 0. The Balaban J connectivity index is 1.98. The van der Waals surface area contributed by atoms with E-state index in [2.05, 4.69) is 0 Å². The van der Waals surface area contributed by atoms with Crippen molar-refractivity contribution in [3.63, 3.8) is 0 Å². The van der Waals surface area contributed by atoms with Crippen LogP contribution in [0.1, 0.15) is 11.1 Å². The number of hydrogen-bond acceptors (Lipinski definition) is 7. The Kier molecular flexibility index (Phi) is 8.73. The lowest BCUT2D eigenvalue weighted by molar-refractivity contribution is 0.00519. The van der Waals surface area contributed by atoms with Gasteiger partial charge in [0.15, 0.2) is 0 Å². The fourth-order valence-electron chi connectivity index (χ4n) is 3.19. The molecule has 29 heavy (non-hydrogen) atoms. The second-order valence-corrected chi connectivity index (χ2v) is 6.43. The van der Waals surface area contributed by atoms with Crippen molar-refractivity contribution in [1.82, 2.24) is 0 Å². The molecule has 0 saturated heterocycles. The number of aliphatic hydroxyl groups is 2. The van der Waals surface area contributed by atoms with Crippen molar-refractivity contribution in [2.24, 2.45) is 0 Å². The van der Waals surface area contributed by atoms with E-state index in [9.17, 15) is 10.2 Å². The molecule has 2 aromatic rings. The van der Waals surface area contributed by atoms with Gasteiger partial charge in [-0.15, -0.1) is 0 Å². The second-order valence-electron chi connectivity index (χ2n) is 6.43. The van der Waals surface area contributed by atoms with Crippen molar-refractivity contribution in [3.05, 3.63) is 47.5 Å². The Bertz CT molecular complexity index is 699. The van der Waals surface area contributed by atoms with Crippen molar-refractivity contribution in [2.45, 2.75) is 13.2 Å². The van der Waals surface area contributed by atoms with E-state index in [-0.39, 0.29) is 13.2 Å². The highest BCUT2D eigenvalue weighted by Gasteiger charge is 2.19. The van der Waals surface area contributed by atoms with Crippen LogP contribution >= 0.6 is 0 Å². The van der Waals surface area contributed by atoms with E-state index in [0.717, 1.165) is 0 Å². The molecule has 1 aliphatic rings. The van der Waals surface area contributed by atoms with Gasteiger partial charge in [-0.2, -0.15) is 0 Å². The summed E-state index contributed by atoms with van der Waals surface area (Å²) < 4.78 is 28.5. The highest BCUT2D eigenvalue weighted by atomic mass is 16.6. The van der Waals surface area contributed by atoms with Crippen molar-refractivity contribution >= 4 is 0 Å². The monoisotopic (exact) mass is 404 g/mol. The van der Waals surface area contributed by atoms with E-state index in [1.165, 1.54) is 0 Å². The van der Waals surface area contributed by atoms with E-state index in [4.69, 9.17) is 23.7 Å². The average Bonchev–Trinajstić information content (AvgIpc) is 2.76. The Morgan fingerprint density at radius 1 is 0.552 bits per heavy atom. The van der Waals surface area contributed by atoms with Crippen LogP contribution < -0.4 is 9.47 Å². The van der Waals surface area contributed by atoms with Crippen LogP contribution in [0.4, 0.5) is 0 Å². The molecular formula is C22H28O7. The van der Waals surface area contributed by atoms with Gasteiger partial charge in [-0.25, -0.2) is 0 Å². The molecule has 2 N–H and O–H groups in total. The maximum atomic E-state index is 9.94. The summed E-state index contributed by atoms with van der Waals surface area (Å²) >= 11 is 0. The molecule has 0 fully saturated rings. The molecule has 0 aliphatic carbocycles. The Labute approximate surface area is 170 Å². The van der Waals surface area contributed by atoms with Gasteiger partial charge >= 0.3 is 0 Å². The van der Waals surface area contributed by atoms with E-state index in [1.807, 2.05) is 36.4 Å². The lowest BCUT2D eigenvalue weighted by atomic mass is 9.94. The number of rotatable bonds is 2. The van der Waals surface area contributed by atoms with Gasteiger partial charge in [0, 0.05) is 11.1 Å². The number of aliphatic hydroxyl groups excluding tert-OH is 2. The van der Waals surface area contributed by atoms with Gasteiger partial charge in [0.2, 0.25) is 0 Å². The summed E-state index contributed by atoms with van der Waals surface area (Å²) in [6.45, 7) is 3.14. The zero-order chi connectivity index (χ0) is 20.3. The van der Waals surface area contributed by atoms with Gasteiger partial charge in [0.25, 0.3) is 0 Å². The third kappa shape index (κ3) is 5.91. The minimum Gasteiger partial charge on any atom is -0.491 e. The Morgan fingerprint density at radius 3 is 1.31 bits per heavy atom. The minimum atomic E-state index is -0.164. The van der Waals surface area contributed by atoms with Crippen LogP contribution in [0, 0.1) is 0 Å². The summed E-state index contributed by atoms with van der Waals surface area (Å²) in [6, 6.07) is 11.0. The normalized spacial score (nSPS) is 16.6. The second kappa shape index (κ2) is 11.7. The molecule has 0 spiro atoms. The van der Waals surface area contributed by atoms with E-state index in [1.54, 1.807) is 0 Å². The first-order chi connectivity index (χ1) is 14.3. The molecule has 2 aromatic carbocycles. The molecule has 0 aromatic heterocycles. The van der Waals surface area contributed by atoms with Crippen molar-refractivity contribution in [1.29, 1.82) is 0 Å². The summed E-state index contributed by atoms with van der Waals surface area (Å²) in [5.74, 6) is 1.20. The summed E-state index contributed by atoms with van der Waals surface area (Å²) in [5.41, 5.74) is 2.81. The summed E-state index contributed by atoms with van der Waals surface area (Å²) in [4.78, 5) is 0. The maximum absolute atomic E-state index is 9.94. The first-order valence-electron chi connectivity index (χ1n) is 9.80. The Hall–Kier alpha value is -2.16. The van der Waals surface area contributed by atoms with Crippen LogP contribution in [0.5, 0.6) is 11.5 Å². The van der Waals surface area contributed by atoms with Gasteiger partial charge in [-0.05, 0) is 23.3 Å². The third-order valence-corrected chi connectivity index (χ3v) is 4.53. The number of ether oxygens (including phenoxy) is 5. The number of hydrogen-bond donors (Lipinski definition) is 2. The number of benzene rings is 2. The quantitative estimate of drug-likeness (QED) is 0.793. The van der Waals surface area contributed by atoms with Gasteiger partial charge in [-0.3, -0.25) is 0 Å². The zero-order valence-corrected chi connectivity index (χ0v) is 16.5. The first-order valence-corrected chi connectivity index (χ1v) is 9.80. The van der Waals surface area contributed by atoms with E-state index < -0.39 is 0 Å². The lowest BCUT2D eigenvalue weighted by Crippen LogP contribution is -2.14. The zero-order valence-electron chi connectivity index (χ0n) is 16.5. The molecule has 0 bridgehead atoms. The molecule has 0 saturated carbocycles. The van der Waals surface area contributed by atoms with Crippen LogP contribution in [0.25, 0.3) is 11.1 Å². The molecule has 1 aliphatic heterocycles. The largest absolute Gasteiger partial charge is 0.491 e. The van der Waals surface area contributed by atoms with Crippen LogP contribution in [0.3, 0.4) is 0 Å². The SMILES string of the molecule is OCc1cccc2c1-c1c(CO)cccc1OCCOCCOCCOCCO2. The molecule has 0 amide bonds. The van der Waals surface area contributed by atoms with Crippen molar-refractivity contribution < 1.29 is 33.9 Å². The first kappa shape index (κ1) is 21.5. The van der Waals surface area contributed by atoms with Crippen LogP contribution in [0.2, 0.25) is 0 Å².